The number of rotatable bonds is 5. The predicted octanol–water partition coefficient (Wildman–Crippen LogP) is 2.24. The summed E-state index contributed by atoms with van der Waals surface area (Å²) in [7, 11) is 1.64. The first-order chi connectivity index (χ1) is 8.69. The van der Waals surface area contributed by atoms with Crippen molar-refractivity contribution in [3.8, 4) is 5.75 Å². The highest BCUT2D eigenvalue weighted by atomic mass is 16.5. The molecular weight excluding hydrogens is 228 g/mol. The fraction of sp³-hybridized carbons (Fsp3) is 0.571. The number of aliphatic hydroxyl groups is 1. The van der Waals surface area contributed by atoms with Crippen molar-refractivity contribution in [1.82, 2.24) is 0 Å². The number of nitrogen functional groups attached to an aromatic ring is 1. The van der Waals surface area contributed by atoms with Gasteiger partial charge >= 0.3 is 0 Å². The van der Waals surface area contributed by atoms with Crippen molar-refractivity contribution >= 4 is 11.4 Å². The zero-order valence-corrected chi connectivity index (χ0v) is 10.9. The van der Waals surface area contributed by atoms with Crippen molar-refractivity contribution in [1.29, 1.82) is 0 Å². The van der Waals surface area contributed by atoms with Crippen molar-refractivity contribution < 1.29 is 9.84 Å². The molecule has 0 heterocycles. The molecule has 1 saturated carbocycles. The van der Waals surface area contributed by atoms with Gasteiger partial charge in [-0.05, 0) is 25.0 Å². The lowest BCUT2D eigenvalue weighted by molar-refractivity contribution is 0.142. The number of nitrogens with two attached hydrogens (primary N) is 1. The Kier molecular flexibility index (Phi) is 3.97. The third-order valence-corrected chi connectivity index (χ3v) is 3.91. The number of ether oxygens (including phenoxy) is 1. The molecule has 0 aromatic heterocycles. The number of methoxy groups -OCH3 is 1. The minimum Gasteiger partial charge on any atom is -0.497 e. The van der Waals surface area contributed by atoms with Crippen LogP contribution in [0.2, 0.25) is 0 Å². The van der Waals surface area contributed by atoms with E-state index in [9.17, 15) is 5.11 Å². The van der Waals surface area contributed by atoms with Crippen LogP contribution in [0, 0.1) is 5.41 Å². The summed E-state index contributed by atoms with van der Waals surface area (Å²) in [5.41, 5.74) is 7.55. The molecule has 1 aliphatic carbocycles. The van der Waals surface area contributed by atoms with Gasteiger partial charge in [-0.3, -0.25) is 0 Å². The van der Waals surface area contributed by atoms with Gasteiger partial charge in [0.15, 0.2) is 0 Å². The Hall–Kier alpha value is -1.42. The highest BCUT2D eigenvalue weighted by molar-refractivity contribution is 5.68. The van der Waals surface area contributed by atoms with Gasteiger partial charge in [0.2, 0.25) is 0 Å². The van der Waals surface area contributed by atoms with Crippen LogP contribution in [0.5, 0.6) is 5.75 Å². The van der Waals surface area contributed by atoms with Crippen LogP contribution in [-0.2, 0) is 0 Å². The van der Waals surface area contributed by atoms with Crippen LogP contribution in [0.1, 0.15) is 25.7 Å². The molecule has 0 radical (unpaired) electrons. The lowest BCUT2D eigenvalue weighted by atomic mass is 9.87. The maximum Gasteiger partial charge on any atom is 0.121 e. The van der Waals surface area contributed by atoms with Crippen molar-refractivity contribution in [3.05, 3.63) is 18.2 Å². The van der Waals surface area contributed by atoms with Gasteiger partial charge in [0.1, 0.15) is 5.75 Å². The fourth-order valence-corrected chi connectivity index (χ4v) is 2.61. The van der Waals surface area contributed by atoms with Crippen LogP contribution < -0.4 is 15.8 Å². The Morgan fingerprint density at radius 3 is 2.72 bits per heavy atom. The first-order valence-corrected chi connectivity index (χ1v) is 6.47. The molecule has 0 saturated heterocycles. The highest BCUT2D eigenvalue weighted by Gasteiger charge is 2.32. The Morgan fingerprint density at radius 1 is 1.39 bits per heavy atom. The Morgan fingerprint density at radius 2 is 2.11 bits per heavy atom. The molecule has 0 aliphatic heterocycles. The second kappa shape index (κ2) is 5.48. The normalized spacial score (nSPS) is 17.7. The summed E-state index contributed by atoms with van der Waals surface area (Å²) in [6.45, 7) is 1.00. The third-order valence-electron chi connectivity index (χ3n) is 3.91. The smallest absolute Gasteiger partial charge is 0.121 e. The summed E-state index contributed by atoms with van der Waals surface area (Å²) in [5.74, 6) is 0.788. The van der Waals surface area contributed by atoms with Crippen molar-refractivity contribution in [2.45, 2.75) is 25.7 Å². The van der Waals surface area contributed by atoms with E-state index in [1.54, 1.807) is 7.11 Å². The summed E-state index contributed by atoms with van der Waals surface area (Å²) in [5, 5.41) is 12.9. The topological polar surface area (TPSA) is 67.5 Å². The first kappa shape index (κ1) is 13.0. The number of benzene rings is 1. The Labute approximate surface area is 108 Å². The van der Waals surface area contributed by atoms with E-state index in [2.05, 4.69) is 5.32 Å². The molecule has 0 bridgehead atoms. The van der Waals surface area contributed by atoms with Crippen molar-refractivity contribution in [3.63, 3.8) is 0 Å². The SMILES string of the molecule is COc1ccc(N)c(NCC2(CO)CCCC2)c1. The van der Waals surface area contributed by atoms with E-state index < -0.39 is 0 Å². The molecule has 0 unspecified atom stereocenters. The molecule has 1 aromatic rings. The van der Waals surface area contributed by atoms with Gasteiger partial charge in [0.05, 0.1) is 25.1 Å². The standard InChI is InChI=1S/C14H22N2O2/c1-18-11-4-5-12(15)13(8-11)16-9-14(10-17)6-2-3-7-14/h4-5,8,16-17H,2-3,6-7,9-10,15H2,1H3. The number of nitrogens with one attached hydrogen (secondary N) is 1. The van der Waals surface area contributed by atoms with Gasteiger partial charge in [0.25, 0.3) is 0 Å². The van der Waals surface area contributed by atoms with Gasteiger partial charge in [-0.1, -0.05) is 12.8 Å². The number of aliphatic hydroxyl groups excluding tert-OH is 1. The Balaban J connectivity index is 2.05. The Bertz CT molecular complexity index is 401. The second-order valence-electron chi connectivity index (χ2n) is 5.17. The molecule has 0 spiro atoms. The zero-order valence-electron chi connectivity index (χ0n) is 10.9. The van der Waals surface area contributed by atoms with Gasteiger partial charge in [0, 0.05) is 18.0 Å². The van der Waals surface area contributed by atoms with Gasteiger partial charge in [-0.2, -0.15) is 0 Å². The molecule has 100 valence electrons. The van der Waals surface area contributed by atoms with Gasteiger partial charge < -0.3 is 20.9 Å². The van der Waals surface area contributed by atoms with Crippen LogP contribution in [0.3, 0.4) is 0 Å². The zero-order chi connectivity index (χ0) is 13.0. The van der Waals surface area contributed by atoms with E-state index in [0.29, 0.717) is 5.69 Å². The molecule has 2 rings (SSSR count). The van der Waals surface area contributed by atoms with Crippen molar-refractivity contribution in [2.24, 2.45) is 5.41 Å². The van der Waals surface area contributed by atoms with Crippen molar-refractivity contribution in [2.75, 3.05) is 31.3 Å². The monoisotopic (exact) mass is 250 g/mol. The van der Waals surface area contributed by atoms with Crippen LogP contribution in [0.25, 0.3) is 0 Å². The lowest BCUT2D eigenvalue weighted by Gasteiger charge is -2.27. The first-order valence-electron chi connectivity index (χ1n) is 6.47. The number of anilines is 2. The number of hydrogen-bond donors (Lipinski definition) is 3. The van der Waals surface area contributed by atoms with E-state index in [1.165, 1.54) is 12.8 Å². The maximum absolute atomic E-state index is 9.57. The molecule has 1 fully saturated rings. The summed E-state index contributed by atoms with van der Waals surface area (Å²) in [4.78, 5) is 0. The summed E-state index contributed by atoms with van der Waals surface area (Å²) in [6, 6.07) is 5.58. The van der Waals surface area contributed by atoms with E-state index in [1.807, 2.05) is 18.2 Å². The second-order valence-corrected chi connectivity index (χ2v) is 5.17. The molecule has 4 nitrogen and oxygen atoms in total. The average molecular weight is 250 g/mol. The van der Waals surface area contributed by atoms with E-state index >= 15 is 0 Å². The highest BCUT2D eigenvalue weighted by Crippen LogP contribution is 2.38. The van der Waals surface area contributed by atoms with Crippen LogP contribution in [0.15, 0.2) is 18.2 Å². The molecule has 4 N–H and O–H groups in total. The van der Waals surface area contributed by atoms with Gasteiger partial charge in [-0.25, -0.2) is 0 Å². The van der Waals surface area contributed by atoms with E-state index in [-0.39, 0.29) is 12.0 Å². The summed E-state index contributed by atoms with van der Waals surface area (Å²) < 4.78 is 5.19. The number of hydrogen-bond acceptors (Lipinski definition) is 4. The largest absolute Gasteiger partial charge is 0.497 e. The molecule has 4 heteroatoms. The summed E-state index contributed by atoms with van der Waals surface area (Å²) >= 11 is 0. The van der Waals surface area contributed by atoms with E-state index in [0.717, 1.165) is 30.8 Å². The van der Waals surface area contributed by atoms with Gasteiger partial charge in [-0.15, -0.1) is 0 Å². The maximum atomic E-state index is 9.57. The van der Waals surface area contributed by atoms with E-state index in [4.69, 9.17) is 10.5 Å². The minimum atomic E-state index is 0.0233. The minimum absolute atomic E-state index is 0.0233. The molecule has 0 amide bonds. The fourth-order valence-electron chi connectivity index (χ4n) is 2.61. The molecule has 18 heavy (non-hydrogen) atoms. The third kappa shape index (κ3) is 2.70. The molecular formula is C14H22N2O2. The summed E-state index contributed by atoms with van der Waals surface area (Å²) in [6.07, 6.45) is 4.58. The average Bonchev–Trinajstić information content (AvgIpc) is 2.87. The molecule has 1 aromatic carbocycles. The molecule has 1 aliphatic rings. The van der Waals surface area contributed by atoms with Crippen LogP contribution in [-0.4, -0.2) is 25.4 Å². The van der Waals surface area contributed by atoms with Crippen LogP contribution in [0.4, 0.5) is 11.4 Å². The van der Waals surface area contributed by atoms with Crippen LogP contribution >= 0.6 is 0 Å². The lowest BCUT2D eigenvalue weighted by Crippen LogP contribution is -2.30. The quantitative estimate of drug-likeness (QED) is 0.701. The predicted molar refractivity (Wildman–Crippen MR) is 73.9 cm³/mol. The molecule has 0 atom stereocenters.